The Balaban J connectivity index is 1.75. The van der Waals surface area contributed by atoms with Gasteiger partial charge in [0.25, 0.3) is 0 Å². The van der Waals surface area contributed by atoms with Gasteiger partial charge in [-0.25, -0.2) is 0 Å². The van der Waals surface area contributed by atoms with Crippen molar-refractivity contribution in [2.45, 2.75) is 299 Å². The van der Waals surface area contributed by atoms with Gasteiger partial charge in [-0.05, 0) is 64.2 Å². The molecule has 1 amide bonds. The summed E-state index contributed by atoms with van der Waals surface area (Å²) >= 11 is 0. The molecule has 2 heterocycles. The molecule has 0 spiro atoms. The summed E-state index contributed by atoms with van der Waals surface area (Å²) in [7, 11) is 0. The van der Waals surface area contributed by atoms with Gasteiger partial charge in [0.05, 0.1) is 32.0 Å². The van der Waals surface area contributed by atoms with Crippen LogP contribution in [0.25, 0.3) is 0 Å². The molecule has 14 heteroatoms. The number of rotatable bonds is 48. The number of unbranched alkanes of at least 4 members (excludes halogenated alkanes) is 23. The van der Waals surface area contributed by atoms with Crippen LogP contribution in [0.2, 0.25) is 0 Å². The summed E-state index contributed by atoms with van der Waals surface area (Å²) in [6.07, 6.45) is 46.0. The van der Waals surface area contributed by atoms with E-state index < -0.39 is 86.8 Å². The van der Waals surface area contributed by atoms with Gasteiger partial charge in [-0.1, -0.05) is 228 Å². The molecular formula is C63H111NO13. The van der Waals surface area contributed by atoms with Crippen molar-refractivity contribution in [2.75, 3.05) is 19.8 Å². The Morgan fingerprint density at radius 2 is 0.896 bits per heavy atom. The molecule has 0 aromatic rings. The summed E-state index contributed by atoms with van der Waals surface area (Å²) in [5.41, 5.74) is 0. The van der Waals surface area contributed by atoms with Crippen LogP contribution in [0.15, 0.2) is 72.9 Å². The van der Waals surface area contributed by atoms with Crippen LogP contribution in [0.5, 0.6) is 0 Å². The van der Waals surface area contributed by atoms with Gasteiger partial charge in [-0.15, -0.1) is 0 Å². The number of amides is 1. The molecule has 2 saturated heterocycles. The minimum absolute atomic E-state index is 0.223. The number of aliphatic hydroxyl groups excluding tert-OH is 8. The summed E-state index contributed by atoms with van der Waals surface area (Å²) in [6.45, 7) is 2.74. The van der Waals surface area contributed by atoms with Crippen molar-refractivity contribution >= 4 is 5.91 Å². The first-order valence-electron chi connectivity index (χ1n) is 30.7. The van der Waals surface area contributed by atoms with E-state index in [2.05, 4.69) is 92.1 Å². The van der Waals surface area contributed by atoms with Gasteiger partial charge in [0.2, 0.25) is 5.91 Å². The first kappa shape index (κ1) is 70.5. The lowest BCUT2D eigenvalue weighted by Crippen LogP contribution is -2.65. The number of allylic oxidation sites excluding steroid dienone is 12. The molecule has 0 aliphatic carbocycles. The maximum atomic E-state index is 13.3. The Labute approximate surface area is 466 Å². The molecule has 14 nitrogen and oxygen atoms in total. The third-order valence-electron chi connectivity index (χ3n) is 14.7. The largest absolute Gasteiger partial charge is 0.394 e. The highest BCUT2D eigenvalue weighted by atomic mass is 16.7. The summed E-state index contributed by atoms with van der Waals surface area (Å²) in [5, 5.41) is 87.3. The smallest absolute Gasteiger partial charge is 0.220 e. The van der Waals surface area contributed by atoms with E-state index in [1.54, 1.807) is 0 Å². The fourth-order valence-corrected chi connectivity index (χ4v) is 9.77. The van der Waals surface area contributed by atoms with E-state index in [9.17, 15) is 45.6 Å². The fraction of sp³-hybridized carbons (Fsp3) is 0.794. The molecular weight excluding hydrogens is 979 g/mol. The molecule has 12 unspecified atom stereocenters. The molecule has 0 saturated carbocycles. The highest BCUT2D eigenvalue weighted by Gasteiger charge is 2.51. The Kier molecular flexibility index (Phi) is 44.1. The lowest BCUT2D eigenvalue weighted by Gasteiger charge is -2.46. The standard InChI is InChI=1S/C63H111NO13/c1-3-5-7-9-11-13-15-17-19-21-23-24-25-26-27-28-29-31-33-35-37-39-41-43-45-47-55(68)64-51(52(67)46-44-42-40-38-36-34-32-30-22-20-18-16-14-12-10-8-6-4-2)50-74-62-60(73)58(71)61(54(49-66)76-62)77-63-59(72)57(70)56(69)53(48-65)75-63/h5,7,11,13,17,19,23-24,26-27,29,31,51-54,56-63,65-67,69-73H,3-4,6,8-10,12,14-16,18,20-22,25,28,30,32-50H2,1-2H3,(H,64,68)/b7-5-,13-11-,19-17-,24-23-,27-26-,31-29-. The summed E-state index contributed by atoms with van der Waals surface area (Å²) < 4.78 is 22.8. The molecule has 2 aliphatic rings. The third kappa shape index (κ3) is 33.7. The molecule has 446 valence electrons. The van der Waals surface area contributed by atoms with Crippen LogP contribution in [0.1, 0.15) is 226 Å². The monoisotopic (exact) mass is 1090 g/mol. The van der Waals surface area contributed by atoms with Gasteiger partial charge >= 0.3 is 0 Å². The molecule has 0 bridgehead atoms. The molecule has 9 N–H and O–H groups in total. The Morgan fingerprint density at radius 3 is 1.38 bits per heavy atom. The predicted octanol–water partition coefficient (Wildman–Crippen LogP) is 10.7. The van der Waals surface area contributed by atoms with Gasteiger partial charge in [-0.3, -0.25) is 4.79 Å². The van der Waals surface area contributed by atoms with Gasteiger partial charge in [0.15, 0.2) is 12.6 Å². The van der Waals surface area contributed by atoms with E-state index in [1.807, 2.05) is 0 Å². The molecule has 12 atom stereocenters. The number of nitrogens with one attached hydrogen (secondary N) is 1. The van der Waals surface area contributed by atoms with Crippen LogP contribution in [0.3, 0.4) is 0 Å². The Morgan fingerprint density at radius 1 is 0.481 bits per heavy atom. The third-order valence-corrected chi connectivity index (χ3v) is 14.7. The van der Waals surface area contributed by atoms with Crippen LogP contribution < -0.4 is 5.32 Å². The molecule has 2 rings (SSSR count). The second-order valence-corrected chi connectivity index (χ2v) is 21.5. The van der Waals surface area contributed by atoms with Crippen molar-refractivity contribution in [1.82, 2.24) is 5.32 Å². The first-order valence-corrected chi connectivity index (χ1v) is 30.7. The average Bonchev–Trinajstić information content (AvgIpc) is 3.44. The molecule has 2 aliphatic heterocycles. The number of hydrogen-bond donors (Lipinski definition) is 9. The van der Waals surface area contributed by atoms with E-state index in [0.29, 0.717) is 12.8 Å². The molecule has 0 aromatic heterocycles. The SMILES string of the molecule is CC/C=C\C/C=C\C/C=C\C/C=C\C/C=C\C/C=C\CCCCCCCCC(=O)NC(COC1OC(CO)C(OC2OC(CO)C(O)C(O)C2O)C(O)C1O)C(O)CCCCCCCCCCCCCCCCCCCC. The quantitative estimate of drug-likeness (QED) is 0.0204. The number of ether oxygens (including phenoxy) is 4. The first-order chi connectivity index (χ1) is 37.6. The zero-order valence-electron chi connectivity index (χ0n) is 47.9. The van der Waals surface area contributed by atoms with E-state index in [-0.39, 0.29) is 18.9 Å². The van der Waals surface area contributed by atoms with Crippen molar-refractivity contribution in [3.05, 3.63) is 72.9 Å². The van der Waals surface area contributed by atoms with Crippen LogP contribution in [-0.2, 0) is 23.7 Å². The van der Waals surface area contributed by atoms with Crippen LogP contribution in [-0.4, -0.2) is 140 Å². The second-order valence-electron chi connectivity index (χ2n) is 21.5. The van der Waals surface area contributed by atoms with Crippen molar-refractivity contribution in [3.63, 3.8) is 0 Å². The highest BCUT2D eigenvalue weighted by molar-refractivity contribution is 5.76. The van der Waals surface area contributed by atoms with Gasteiger partial charge in [0.1, 0.15) is 48.8 Å². The maximum absolute atomic E-state index is 13.3. The number of hydrogen-bond acceptors (Lipinski definition) is 13. The molecule has 0 aromatic carbocycles. The zero-order chi connectivity index (χ0) is 56.0. The zero-order valence-corrected chi connectivity index (χ0v) is 47.9. The molecule has 77 heavy (non-hydrogen) atoms. The van der Waals surface area contributed by atoms with E-state index in [0.717, 1.165) is 103 Å². The highest BCUT2D eigenvalue weighted by Crippen LogP contribution is 2.30. The van der Waals surface area contributed by atoms with Crippen LogP contribution >= 0.6 is 0 Å². The fourth-order valence-electron chi connectivity index (χ4n) is 9.77. The van der Waals surface area contributed by atoms with Crippen molar-refractivity contribution in [2.24, 2.45) is 0 Å². The van der Waals surface area contributed by atoms with Crippen molar-refractivity contribution < 1.29 is 64.6 Å². The molecule has 2 fully saturated rings. The Bertz CT molecular complexity index is 1570. The van der Waals surface area contributed by atoms with Gasteiger partial charge < -0.3 is 65.1 Å². The second kappa shape index (κ2) is 48.2. The lowest BCUT2D eigenvalue weighted by atomic mass is 9.97. The number of carbonyl (C=O) groups excluding carboxylic acids is 1. The topological polar surface area (TPSA) is 228 Å². The molecule has 0 radical (unpaired) electrons. The van der Waals surface area contributed by atoms with Crippen LogP contribution in [0.4, 0.5) is 0 Å². The Hall–Kier alpha value is -2.57. The minimum Gasteiger partial charge on any atom is -0.394 e. The summed E-state index contributed by atoms with van der Waals surface area (Å²) in [6, 6.07) is -0.842. The van der Waals surface area contributed by atoms with E-state index in [4.69, 9.17) is 18.9 Å². The number of carbonyl (C=O) groups is 1. The van der Waals surface area contributed by atoms with Crippen molar-refractivity contribution in [3.8, 4) is 0 Å². The van der Waals surface area contributed by atoms with Gasteiger partial charge in [0, 0.05) is 6.42 Å². The van der Waals surface area contributed by atoms with E-state index >= 15 is 0 Å². The lowest BCUT2D eigenvalue weighted by molar-refractivity contribution is -0.359. The summed E-state index contributed by atoms with van der Waals surface area (Å²) in [4.78, 5) is 13.3. The predicted molar refractivity (Wildman–Crippen MR) is 309 cm³/mol. The maximum Gasteiger partial charge on any atom is 0.220 e. The van der Waals surface area contributed by atoms with Gasteiger partial charge in [-0.2, -0.15) is 0 Å². The summed E-state index contributed by atoms with van der Waals surface area (Å²) in [5.74, 6) is -0.223. The number of aliphatic hydroxyl groups is 8. The normalized spacial score (nSPS) is 25.2. The van der Waals surface area contributed by atoms with Crippen molar-refractivity contribution in [1.29, 1.82) is 0 Å². The van der Waals surface area contributed by atoms with Crippen LogP contribution in [0, 0.1) is 0 Å². The average molecular weight is 1090 g/mol. The van der Waals surface area contributed by atoms with E-state index in [1.165, 1.54) is 89.9 Å². The minimum atomic E-state index is -1.79.